The van der Waals surface area contributed by atoms with Crippen LogP contribution in [-0.4, -0.2) is 65.6 Å². The molecule has 0 bridgehead atoms. The molecule has 6 nitrogen and oxygen atoms in total. The molecule has 4 rings (SSSR count). The number of aromatic hydroxyl groups is 1. The van der Waals surface area contributed by atoms with Crippen LogP contribution in [0.1, 0.15) is 28.8 Å². The number of likely N-dealkylation sites (tertiary alicyclic amines) is 1. The molecule has 0 unspecified atom stereocenters. The molecule has 3 fully saturated rings. The average molecular weight is 347 g/mol. The van der Waals surface area contributed by atoms with Crippen molar-refractivity contribution >= 4 is 5.91 Å². The molecule has 0 aromatic heterocycles. The Morgan fingerprint density at radius 2 is 2.08 bits per heavy atom. The van der Waals surface area contributed by atoms with Gasteiger partial charge in [0.1, 0.15) is 5.75 Å². The molecule has 3 aliphatic heterocycles. The van der Waals surface area contributed by atoms with Gasteiger partial charge < -0.3 is 24.6 Å². The molecule has 136 valence electrons. The van der Waals surface area contributed by atoms with Gasteiger partial charge in [-0.15, -0.1) is 0 Å². The molecule has 2 N–H and O–H groups in total. The first-order chi connectivity index (χ1) is 12.0. The van der Waals surface area contributed by atoms with Crippen molar-refractivity contribution in [2.45, 2.75) is 31.4 Å². The minimum Gasteiger partial charge on any atom is -0.508 e. The summed E-state index contributed by atoms with van der Waals surface area (Å²) in [6.07, 6.45) is 1.32. The van der Waals surface area contributed by atoms with E-state index in [-0.39, 0.29) is 29.5 Å². The number of hydrogen-bond acceptors (Lipinski definition) is 5. The number of ether oxygens (including phenoxy) is 2. The fourth-order valence-electron chi connectivity index (χ4n) is 4.60. The van der Waals surface area contributed by atoms with E-state index in [2.05, 4.69) is 0 Å². The van der Waals surface area contributed by atoms with E-state index in [9.17, 15) is 15.0 Å². The summed E-state index contributed by atoms with van der Waals surface area (Å²) < 4.78 is 11.2. The van der Waals surface area contributed by atoms with Gasteiger partial charge in [0, 0.05) is 49.6 Å². The second-order valence-corrected chi connectivity index (χ2v) is 7.51. The van der Waals surface area contributed by atoms with Gasteiger partial charge in [0.2, 0.25) is 0 Å². The number of aliphatic hydroxyl groups is 1. The number of carbonyl (C=O) groups excluding carboxylic acids is 1. The van der Waals surface area contributed by atoms with Gasteiger partial charge in [0.15, 0.2) is 0 Å². The molecule has 3 saturated heterocycles. The third-order valence-corrected chi connectivity index (χ3v) is 6.17. The summed E-state index contributed by atoms with van der Waals surface area (Å²) in [6, 6.07) is 5.01. The van der Waals surface area contributed by atoms with Gasteiger partial charge in [-0.1, -0.05) is 6.07 Å². The highest BCUT2D eigenvalue weighted by atomic mass is 16.5. The van der Waals surface area contributed by atoms with Crippen LogP contribution >= 0.6 is 0 Å². The molecule has 25 heavy (non-hydrogen) atoms. The Bertz CT molecular complexity index is 678. The highest BCUT2D eigenvalue weighted by Crippen LogP contribution is 2.44. The van der Waals surface area contributed by atoms with Crippen LogP contribution in [0.5, 0.6) is 5.75 Å². The predicted octanol–water partition coefficient (Wildman–Crippen LogP) is 1.33. The van der Waals surface area contributed by atoms with Crippen molar-refractivity contribution in [2.24, 2.45) is 11.8 Å². The number of amides is 1. The predicted molar refractivity (Wildman–Crippen MR) is 90.5 cm³/mol. The van der Waals surface area contributed by atoms with Gasteiger partial charge >= 0.3 is 0 Å². The van der Waals surface area contributed by atoms with Crippen molar-refractivity contribution in [1.82, 2.24) is 4.90 Å². The minimum absolute atomic E-state index is 0.0379. The molecule has 3 aliphatic rings. The van der Waals surface area contributed by atoms with E-state index in [1.54, 1.807) is 19.1 Å². The number of carbonyl (C=O) groups is 1. The molecule has 6 heteroatoms. The SMILES string of the molecule is Cc1ccc(C(=O)N2C[C@H]3COCC[C@@]3(O)[C@@H]3COCC[C@H]32)cc1O. The summed E-state index contributed by atoms with van der Waals surface area (Å²) >= 11 is 0. The van der Waals surface area contributed by atoms with Crippen LogP contribution in [0.2, 0.25) is 0 Å². The lowest BCUT2D eigenvalue weighted by Gasteiger charge is -2.57. The van der Waals surface area contributed by atoms with Crippen molar-refractivity contribution < 1.29 is 24.5 Å². The smallest absolute Gasteiger partial charge is 0.254 e. The van der Waals surface area contributed by atoms with Crippen LogP contribution < -0.4 is 0 Å². The molecule has 3 heterocycles. The number of phenols is 1. The molecule has 1 amide bonds. The highest BCUT2D eigenvalue weighted by molar-refractivity contribution is 5.95. The second-order valence-electron chi connectivity index (χ2n) is 7.51. The van der Waals surface area contributed by atoms with Crippen LogP contribution in [0, 0.1) is 18.8 Å². The Balaban J connectivity index is 1.66. The number of fused-ring (bicyclic) bond motifs is 3. The van der Waals surface area contributed by atoms with Crippen molar-refractivity contribution in [2.75, 3.05) is 33.0 Å². The van der Waals surface area contributed by atoms with E-state index < -0.39 is 5.60 Å². The van der Waals surface area contributed by atoms with Gasteiger partial charge in [0.25, 0.3) is 5.91 Å². The van der Waals surface area contributed by atoms with Crippen LogP contribution in [0.3, 0.4) is 0 Å². The summed E-state index contributed by atoms with van der Waals surface area (Å²) in [7, 11) is 0. The molecule has 1 aromatic rings. The third kappa shape index (κ3) is 2.72. The standard InChI is InChI=1S/C19H25NO5/c1-12-2-3-13(8-17(12)21)18(22)20-9-14-10-25-7-5-19(14,23)15-11-24-6-4-16(15)20/h2-3,8,14-16,21,23H,4-7,9-11H2,1H3/t14-,15+,16+,19-/m0/s1. The van der Waals surface area contributed by atoms with Crippen molar-refractivity contribution in [3.05, 3.63) is 29.3 Å². The van der Waals surface area contributed by atoms with Crippen molar-refractivity contribution in [1.29, 1.82) is 0 Å². The molecular weight excluding hydrogens is 322 g/mol. The van der Waals surface area contributed by atoms with Gasteiger partial charge in [-0.25, -0.2) is 0 Å². The van der Waals surface area contributed by atoms with Gasteiger partial charge in [-0.2, -0.15) is 0 Å². The number of phenolic OH excluding ortho intramolecular Hbond substituents is 1. The zero-order chi connectivity index (χ0) is 17.6. The molecular formula is C19H25NO5. The maximum Gasteiger partial charge on any atom is 0.254 e. The van der Waals surface area contributed by atoms with Crippen LogP contribution in [0.25, 0.3) is 0 Å². The summed E-state index contributed by atoms with van der Waals surface area (Å²) in [5.41, 5.74) is 0.403. The second kappa shape index (κ2) is 6.27. The molecule has 0 radical (unpaired) electrons. The molecule has 4 atom stereocenters. The fourth-order valence-corrected chi connectivity index (χ4v) is 4.60. The first-order valence-electron chi connectivity index (χ1n) is 8.99. The van der Waals surface area contributed by atoms with E-state index in [1.165, 1.54) is 6.07 Å². The maximum atomic E-state index is 13.1. The average Bonchev–Trinajstić information content (AvgIpc) is 2.63. The van der Waals surface area contributed by atoms with E-state index in [0.29, 0.717) is 45.0 Å². The summed E-state index contributed by atoms with van der Waals surface area (Å²) in [4.78, 5) is 15.0. The van der Waals surface area contributed by atoms with Gasteiger partial charge in [0.05, 0.1) is 18.8 Å². The molecule has 0 aliphatic carbocycles. The lowest BCUT2D eigenvalue weighted by molar-refractivity contribution is -0.212. The van der Waals surface area contributed by atoms with Crippen LogP contribution in [0.4, 0.5) is 0 Å². The summed E-state index contributed by atoms with van der Waals surface area (Å²) in [5.74, 6) is -0.164. The monoisotopic (exact) mass is 347 g/mol. The Labute approximate surface area is 147 Å². The number of piperidine rings is 1. The Morgan fingerprint density at radius 3 is 2.88 bits per heavy atom. The summed E-state index contributed by atoms with van der Waals surface area (Å²) in [5, 5.41) is 21.3. The first-order valence-corrected chi connectivity index (χ1v) is 8.99. The van der Waals surface area contributed by atoms with Crippen LogP contribution in [-0.2, 0) is 9.47 Å². The van der Waals surface area contributed by atoms with Crippen LogP contribution in [0.15, 0.2) is 18.2 Å². The molecule has 1 aromatic carbocycles. The molecule has 0 saturated carbocycles. The van der Waals surface area contributed by atoms with Gasteiger partial charge in [-0.3, -0.25) is 4.79 Å². The highest BCUT2D eigenvalue weighted by Gasteiger charge is 2.56. The number of aryl methyl sites for hydroxylation is 1. The quantitative estimate of drug-likeness (QED) is 0.801. The Morgan fingerprint density at radius 1 is 1.28 bits per heavy atom. The molecule has 0 spiro atoms. The van der Waals surface area contributed by atoms with E-state index in [1.807, 2.05) is 4.90 Å². The first kappa shape index (κ1) is 16.8. The summed E-state index contributed by atoms with van der Waals surface area (Å²) in [6.45, 7) is 4.37. The van der Waals surface area contributed by atoms with Crippen molar-refractivity contribution in [3.63, 3.8) is 0 Å². The third-order valence-electron chi connectivity index (χ3n) is 6.17. The zero-order valence-electron chi connectivity index (χ0n) is 14.5. The number of hydrogen-bond donors (Lipinski definition) is 2. The Kier molecular flexibility index (Phi) is 4.22. The Hall–Kier alpha value is -1.63. The van der Waals surface area contributed by atoms with Crippen molar-refractivity contribution in [3.8, 4) is 5.75 Å². The number of nitrogens with zero attached hydrogens (tertiary/aromatic N) is 1. The van der Waals surface area contributed by atoms with Gasteiger partial charge in [-0.05, 0) is 31.0 Å². The van der Waals surface area contributed by atoms with E-state index in [0.717, 1.165) is 12.0 Å². The number of benzene rings is 1. The lowest BCUT2D eigenvalue weighted by Crippen LogP contribution is -2.68. The normalized spacial score (nSPS) is 35.0. The topological polar surface area (TPSA) is 79.2 Å². The largest absolute Gasteiger partial charge is 0.508 e. The van der Waals surface area contributed by atoms with E-state index in [4.69, 9.17) is 9.47 Å². The zero-order valence-corrected chi connectivity index (χ0v) is 14.5. The number of rotatable bonds is 1. The fraction of sp³-hybridized carbons (Fsp3) is 0.632. The maximum absolute atomic E-state index is 13.1. The minimum atomic E-state index is -0.824. The lowest BCUT2D eigenvalue weighted by atomic mass is 9.66. The van der Waals surface area contributed by atoms with E-state index >= 15 is 0 Å².